The summed E-state index contributed by atoms with van der Waals surface area (Å²) in [6.45, 7) is 26.7. The van der Waals surface area contributed by atoms with Crippen LogP contribution in [0.25, 0.3) is 0 Å². The van der Waals surface area contributed by atoms with Crippen molar-refractivity contribution < 1.29 is 23.9 Å². The van der Waals surface area contributed by atoms with Crippen LogP contribution in [0.2, 0.25) is 0 Å². The zero-order chi connectivity index (χ0) is 38.2. The number of allylic oxidation sites excluding steroid dienone is 2. The Kier molecular flexibility index (Phi) is 25.6. The SMILES string of the molecule is C=C(C)OC.C=C(NC(CC1CCC1)C(=O)C=O)C(C)CCCN(C)C(=O)CC(NC(=O)NC)C(C)(C)C.CC.CCC1(C)CCCCC1. The van der Waals surface area contributed by atoms with E-state index in [1.54, 1.807) is 33.0 Å². The first-order chi connectivity index (χ1) is 22.9. The van der Waals surface area contributed by atoms with Gasteiger partial charge < -0.3 is 25.6 Å². The topological polar surface area (TPSA) is 117 Å². The third kappa shape index (κ3) is 21.8. The van der Waals surface area contributed by atoms with Crippen molar-refractivity contribution in [2.75, 3.05) is 27.7 Å². The largest absolute Gasteiger partial charge is 0.502 e. The third-order valence-electron chi connectivity index (χ3n) is 9.98. The molecule has 2 saturated carbocycles. The Morgan fingerprint density at radius 3 is 1.98 bits per heavy atom. The van der Waals surface area contributed by atoms with Crippen LogP contribution in [0, 0.1) is 22.7 Å². The molecule has 2 aliphatic carbocycles. The minimum atomic E-state index is -0.492. The number of carbonyl (C=O) groups excluding carboxylic acids is 4. The van der Waals surface area contributed by atoms with Gasteiger partial charge in [-0.15, -0.1) is 0 Å². The number of hydrogen-bond acceptors (Lipinski definition) is 6. The molecule has 49 heavy (non-hydrogen) atoms. The van der Waals surface area contributed by atoms with Gasteiger partial charge in [-0.3, -0.25) is 14.4 Å². The zero-order valence-corrected chi connectivity index (χ0v) is 33.7. The van der Waals surface area contributed by atoms with Gasteiger partial charge in [-0.1, -0.05) is 113 Å². The van der Waals surface area contributed by atoms with Crippen molar-refractivity contribution in [3.05, 3.63) is 24.6 Å². The van der Waals surface area contributed by atoms with Crippen LogP contribution in [0.5, 0.6) is 0 Å². The molecule has 0 bridgehead atoms. The van der Waals surface area contributed by atoms with Crippen LogP contribution in [-0.2, 0) is 19.1 Å². The summed E-state index contributed by atoms with van der Waals surface area (Å²) in [7, 11) is 4.93. The second-order valence-electron chi connectivity index (χ2n) is 15.1. The van der Waals surface area contributed by atoms with Crippen LogP contribution in [0.4, 0.5) is 4.79 Å². The Bertz CT molecular complexity index is 980. The van der Waals surface area contributed by atoms with Crippen LogP contribution in [0.15, 0.2) is 24.6 Å². The molecule has 3 atom stereocenters. The van der Waals surface area contributed by atoms with E-state index < -0.39 is 11.8 Å². The predicted molar refractivity (Wildman–Crippen MR) is 205 cm³/mol. The lowest BCUT2D eigenvalue weighted by atomic mass is 9.74. The number of carbonyl (C=O) groups is 4. The van der Waals surface area contributed by atoms with Gasteiger partial charge in [0, 0.05) is 38.8 Å². The van der Waals surface area contributed by atoms with Gasteiger partial charge in [0.15, 0.2) is 6.29 Å². The maximum atomic E-state index is 12.7. The fraction of sp³-hybridized carbons (Fsp3) is 0.800. The average molecular weight is 693 g/mol. The predicted octanol–water partition coefficient (Wildman–Crippen LogP) is 8.58. The van der Waals surface area contributed by atoms with Gasteiger partial charge >= 0.3 is 6.03 Å². The number of nitrogens with zero attached hydrogens (tertiary/aromatic N) is 1. The molecule has 0 aliphatic heterocycles. The molecule has 0 aromatic rings. The summed E-state index contributed by atoms with van der Waals surface area (Å²) >= 11 is 0. The maximum absolute atomic E-state index is 12.7. The molecule has 0 radical (unpaired) electrons. The Hall–Kier alpha value is -2.84. The number of aldehydes is 1. The molecule has 3 N–H and O–H groups in total. The first-order valence-corrected chi connectivity index (χ1v) is 18.8. The summed E-state index contributed by atoms with van der Waals surface area (Å²) in [4.78, 5) is 49.2. The summed E-state index contributed by atoms with van der Waals surface area (Å²) < 4.78 is 4.56. The normalized spacial score (nSPS) is 16.7. The van der Waals surface area contributed by atoms with E-state index in [4.69, 9.17) is 0 Å². The second kappa shape index (κ2) is 26.0. The van der Waals surface area contributed by atoms with Gasteiger partial charge in [-0.05, 0) is 61.7 Å². The van der Waals surface area contributed by atoms with Crippen molar-refractivity contribution in [2.45, 2.75) is 158 Å². The van der Waals surface area contributed by atoms with Crippen LogP contribution >= 0.6 is 0 Å². The number of hydrogen-bond donors (Lipinski definition) is 3. The molecule has 2 rings (SSSR count). The van der Waals surface area contributed by atoms with E-state index in [0.29, 0.717) is 25.2 Å². The molecule has 2 fully saturated rings. The van der Waals surface area contributed by atoms with Gasteiger partial charge in [-0.2, -0.15) is 0 Å². The van der Waals surface area contributed by atoms with Gasteiger partial charge in [0.1, 0.15) is 0 Å². The Labute approximate surface area is 301 Å². The minimum Gasteiger partial charge on any atom is -0.502 e. The van der Waals surface area contributed by atoms with E-state index in [2.05, 4.69) is 47.7 Å². The number of amides is 3. The summed E-state index contributed by atoms with van der Waals surface area (Å²) in [5.74, 6) is 0.926. The fourth-order valence-corrected chi connectivity index (χ4v) is 5.58. The molecular formula is C40H76N4O5. The second-order valence-corrected chi connectivity index (χ2v) is 15.1. The van der Waals surface area contributed by atoms with Crippen LogP contribution in [0.3, 0.4) is 0 Å². The number of methoxy groups -OCH3 is 1. The molecular weight excluding hydrogens is 616 g/mol. The van der Waals surface area contributed by atoms with Crippen LogP contribution < -0.4 is 16.0 Å². The van der Waals surface area contributed by atoms with Crippen molar-refractivity contribution in [3.63, 3.8) is 0 Å². The van der Waals surface area contributed by atoms with Gasteiger partial charge in [0.25, 0.3) is 0 Å². The average Bonchev–Trinajstić information content (AvgIpc) is 3.05. The number of Topliss-reactive ketones (excluding diaryl/α,β-unsaturated/α-hetero) is 1. The summed E-state index contributed by atoms with van der Waals surface area (Å²) in [5.41, 5.74) is 1.22. The van der Waals surface area contributed by atoms with Crippen LogP contribution in [0.1, 0.15) is 146 Å². The van der Waals surface area contributed by atoms with E-state index in [1.165, 1.54) is 44.9 Å². The van der Waals surface area contributed by atoms with E-state index in [1.807, 2.05) is 41.5 Å². The summed E-state index contributed by atoms with van der Waals surface area (Å²) in [6, 6.07) is -1.07. The Morgan fingerprint density at radius 2 is 1.59 bits per heavy atom. The first kappa shape index (κ1) is 48.3. The summed E-state index contributed by atoms with van der Waals surface area (Å²) in [5, 5.41) is 8.60. The zero-order valence-electron chi connectivity index (χ0n) is 33.7. The highest BCUT2D eigenvalue weighted by Crippen LogP contribution is 2.38. The molecule has 9 nitrogen and oxygen atoms in total. The highest BCUT2D eigenvalue weighted by molar-refractivity contribution is 6.27. The lowest BCUT2D eigenvalue weighted by Gasteiger charge is -2.32. The highest BCUT2D eigenvalue weighted by atomic mass is 16.5. The summed E-state index contributed by atoms with van der Waals surface area (Å²) in [6.07, 6.45) is 15.1. The molecule has 2 aliphatic rings. The molecule has 0 saturated heterocycles. The molecule has 286 valence electrons. The molecule has 0 aromatic heterocycles. The standard InChI is InChI=1S/C25H44N4O4.C9H18.C4H8O.C2H6/c1-17(18(2)27-20(21(31)16-30)14-19-11-8-12-19)10-9-13-29(7)23(32)15-22(25(3,4)5)28-24(33)26-6;1-3-9(2)7-5-4-6-8-9;1-4(2)5-3;1-2/h16-17,19-20,22,27H,2,8-15H2,1,3-7H3,(H2,26,28,33);3-8H2,1-2H3;1H2,2-3H3;1-2H3. The van der Waals surface area contributed by atoms with Crippen LogP contribution in [-0.4, -0.2) is 68.7 Å². The number of nitrogens with one attached hydrogen (secondary N) is 3. The molecule has 0 heterocycles. The van der Waals surface area contributed by atoms with E-state index in [-0.39, 0.29) is 35.7 Å². The third-order valence-corrected chi connectivity index (χ3v) is 9.98. The van der Waals surface area contributed by atoms with Gasteiger partial charge in [0.05, 0.1) is 18.9 Å². The molecule has 3 unspecified atom stereocenters. The molecule has 3 amide bonds. The Morgan fingerprint density at radius 1 is 1.04 bits per heavy atom. The van der Waals surface area contributed by atoms with E-state index >= 15 is 0 Å². The number of rotatable bonds is 16. The number of ketones is 1. The van der Waals surface area contributed by atoms with Crippen molar-refractivity contribution in [3.8, 4) is 0 Å². The van der Waals surface area contributed by atoms with Crippen molar-refractivity contribution in [2.24, 2.45) is 22.7 Å². The van der Waals surface area contributed by atoms with Gasteiger partial charge in [0.2, 0.25) is 11.7 Å². The maximum Gasteiger partial charge on any atom is 0.314 e. The minimum absolute atomic E-state index is 0.0203. The first-order valence-electron chi connectivity index (χ1n) is 18.8. The molecule has 9 heteroatoms. The van der Waals surface area contributed by atoms with E-state index in [9.17, 15) is 19.2 Å². The highest BCUT2D eigenvalue weighted by Gasteiger charge is 2.30. The van der Waals surface area contributed by atoms with Crippen molar-refractivity contribution >= 4 is 24.0 Å². The number of ether oxygens (including phenoxy) is 1. The quantitative estimate of drug-likeness (QED) is 0.0848. The van der Waals surface area contributed by atoms with Crippen molar-refractivity contribution in [1.29, 1.82) is 0 Å². The monoisotopic (exact) mass is 693 g/mol. The van der Waals surface area contributed by atoms with E-state index in [0.717, 1.165) is 42.6 Å². The fourth-order valence-electron chi connectivity index (χ4n) is 5.58. The lowest BCUT2D eigenvalue weighted by Crippen LogP contribution is -2.49. The molecule has 0 spiro atoms. The Balaban J connectivity index is 0. The lowest BCUT2D eigenvalue weighted by molar-refractivity contribution is -0.131. The smallest absolute Gasteiger partial charge is 0.314 e. The van der Waals surface area contributed by atoms with Crippen molar-refractivity contribution in [1.82, 2.24) is 20.9 Å². The number of urea groups is 1. The van der Waals surface area contributed by atoms with Gasteiger partial charge in [-0.25, -0.2) is 4.79 Å². The molecule has 0 aromatic carbocycles.